The molecule has 4 nitrogen and oxygen atoms in total. The Morgan fingerprint density at radius 3 is 2.57 bits per heavy atom. The summed E-state index contributed by atoms with van der Waals surface area (Å²) in [5.74, 6) is 0.249. The van der Waals surface area contributed by atoms with Gasteiger partial charge in [0, 0.05) is 18.4 Å². The molecule has 0 unspecified atom stereocenters. The number of aromatic nitrogens is 1. The van der Waals surface area contributed by atoms with Gasteiger partial charge < -0.3 is 14.5 Å². The minimum absolute atomic E-state index is 0.249. The molecule has 0 aliphatic rings. The van der Waals surface area contributed by atoms with E-state index in [-0.39, 0.29) is 5.75 Å². The zero-order valence-electron chi connectivity index (χ0n) is 12.2. The normalized spacial score (nSPS) is 11.4. The Morgan fingerprint density at radius 2 is 1.86 bits per heavy atom. The van der Waals surface area contributed by atoms with Crippen molar-refractivity contribution < 1.29 is 9.63 Å². The number of nitrogens with zero attached hydrogens (tertiary/aromatic N) is 2. The van der Waals surface area contributed by atoms with Crippen LogP contribution < -0.4 is 0 Å². The average molecular weight is 282 g/mol. The van der Waals surface area contributed by atoms with E-state index in [1.165, 1.54) is 5.56 Å². The highest BCUT2D eigenvalue weighted by Crippen LogP contribution is 2.30. The third-order valence-corrected chi connectivity index (χ3v) is 3.48. The summed E-state index contributed by atoms with van der Waals surface area (Å²) in [7, 11) is 3.92. The predicted octanol–water partition coefficient (Wildman–Crippen LogP) is 3.19. The first-order valence-corrected chi connectivity index (χ1v) is 6.93. The number of hydrogen-bond donors (Lipinski definition) is 1. The third-order valence-electron chi connectivity index (χ3n) is 3.48. The maximum absolute atomic E-state index is 10.0. The predicted molar refractivity (Wildman–Crippen MR) is 82.3 cm³/mol. The summed E-state index contributed by atoms with van der Waals surface area (Å²) in [6, 6.07) is 13.8. The summed E-state index contributed by atoms with van der Waals surface area (Å²) < 4.78 is 5.50. The van der Waals surface area contributed by atoms with Crippen molar-refractivity contribution in [2.45, 2.75) is 13.0 Å². The number of fused-ring (bicyclic) bond motifs is 1. The van der Waals surface area contributed by atoms with Crippen molar-refractivity contribution >= 4 is 11.0 Å². The van der Waals surface area contributed by atoms with Gasteiger partial charge in [0.05, 0.1) is 11.3 Å². The van der Waals surface area contributed by atoms with Gasteiger partial charge in [-0.05, 0) is 31.8 Å². The van der Waals surface area contributed by atoms with Gasteiger partial charge in [-0.2, -0.15) is 0 Å². The molecule has 3 rings (SSSR count). The highest BCUT2D eigenvalue weighted by Gasteiger charge is 2.16. The van der Waals surface area contributed by atoms with E-state index in [1.807, 2.05) is 43.3 Å². The van der Waals surface area contributed by atoms with Crippen LogP contribution in [0, 0.1) is 0 Å². The van der Waals surface area contributed by atoms with Crippen LogP contribution >= 0.6 is 0 Å². The zero-order valence-corrected chi connectivity index (χ0v) is 12.2. The van der Waals surface area contributed by atoms with Gasteiger partial charge in [0.15, 0.2) is 5.58 Å². The van der Waals surface area contributed by atoms with Gasteiger partial charge in [-0.3, -0.25) is 0 Å². The highest BCUT2D eigenvalue weighted by atomic mass is 16.5. The second kappa shape index (κ2) is 5.58. The topological polar surface area (TPSA) is 49.5 Å². The van der Waals surface area contributed by atoms with Crippen molar-refractivity contribution in [2.24, 2.45) is 0 Å². The fourth-order valence-corrected chi connectivity index (χ4v) is 2.48. The summed E-state index contributed by atoms with van der Waals surface area (Å²) in [5.41, 5.74) is 3.55. The number of aromatic hydroxyl groups is 1. The number of phenols is 1. The number of benzene rings is 2. The average Bonchev–Trinajstić information content (AvgIpc) is 2.86. The van der Waals surface area contributed by atoms with E-state index in [2.05, 4.69) is 17.3 Å². The number of rotatable bonds is 4. The lowest BCUT2D eigenvalue weighted by atomic mass is 10.0. The van der Waals surface area contributed by atoms with Gasteiger partial charge in [0.25, 0.3) is 0 Å². The Bertz CT molecular complexity index is 748. The molecule has 1 heterocycles. The van der Waals surface area contributed by atoms with Crippen LogP contribution in [0.15, 0.2) is 47.0 Å². The molecule has 0 saturated carbocycles. The molecule has 1 aromatic heterocycles. The second-order valence-electron chi connectivity index (χ2n) is 5.47. The zero-order chi connectivity index (χ0) is 14.8. The molecule has 108 valence electrons. The fourth-order valence-electron chi connectivity index (χ4n) is 2.48. The molecule has 1 N–H and O–H groups in total. The van der Waals surface area contributed by atoms with E-state index in [1.54, 1.807) is 6.07 Å². The summed E-state index contributed by atoms with van der Waals surface area (Å²) in [6.45, 7) is 0.614. The van der Waals surface area contributed by atoms with Crippen molar-refractivity contribution in [1.29, 1.82) is 0 Å². The molecule has 0 fully saturated rings. The van der Waals surface area contributed by atoms with Crippen molar-refractivity contribution in [3.63, 3.8) is 0 Å². The molecular formula is C17H18N2O2. The molecule has 0 amide bonds. The van der Waals surface area contributed by atoms with Crippen LogP contribution in [-0.4, -0.2) is 29.3 Å². The monoisotopic (exact) mass is 282 g/mol. The van der Waals surface area contributed by atoms with E-state index in [9.17, 15) is 5.11 Å². The lowest BCUT2D eigenvalue weighted by molar-refractivity contribution is 0.378. The van der Waals surface area contributed by atoms with E-state index in [0.29, 0.717) is 12.1 Å². The molecule has 3 aromatic rings. The highest BCUT2D eigenvalue weighted by molar-refractivity contribution is 5.84. The van der Waals surface area contributed by atoms with Crippen LogP contribution in [0.4, 0.5) is 0 Å². The quantitative estimate of drug-likeness (QED) is 0.798. The molecule has 0 saturated heterocycles. The minimum atomic E-state index is 0.249. The maximum Gasteiger partial charge on any atom is 0.175 e. The largest absolute Gasteiger partial charge is 0.507 e. The van der Waals surface area contributed by atoms with Crippen molar-refractivity contribution in [2.75, 3.05) is 14.1 Å². The summed E-state index contributed by atoms with van der Waals surface area (Å²) >= 11 is 0. The van der Waals surface area contributed by atoms with Gasteiger partial charge in [0.2, 0.25) is 0 Å². The Labute approximate surface area is 123 Å². The molecule has 2 aromatic carbocycles. The second-order valence-corrected chi connectivity index (χ2v) is 5.47. The first-order chi connectivity index (χ1) is 10.1. The molecule has 0 radical (unpaired) electrons. The summed E-state index contributed by atoms with van der Waals surface area (Å²) in [6.07, 6.45) is 0.722. The smallest absolute Gasteiger partial charge is 0.175 e. The number of hydrogen-bond acceptors (Lipinski definition) is 4. The maximum atomic E-state index is 10.0. The number of phenolic OH excluding ortho intramolecular Hbond substituents is 1. The minimum Gasteiger partial charge on any atom is -0.507 e. The van der Waals surface area contributed by atoms with Crippen LogP contribution in [0.3, 0.4) is 0 Å². The van der Waals surface area contributed by atoms with Gasteiger partial charge in [-0.1, -0.05) is 35.5 Å². The van der Waals surface area contributed by atoms with E-state index < -0.39 is 0 Å². The fraction of sp³-hybridized carbons (Fsp3) is 0.235. The van der Waals surface area contributed by atoms with Crippen LogP contribution in [0.1, 0.15) is 16.8 Å². The summed E-state index contributed by atoms with van der Waals surface area (Å²) in [4.78, 5) is 1.99. The van der Waals surface area contributed by atoms with Crippen molar-refractivity contribution in [3.05, 3.63) is 59.3 Å². The lowest BCUT2D eigenvalue weighted by Crippen LogP contribution is -2.10. The molecule has 0 aliphatic heterocycles. The van der Waals surface area contributed by atoms with E-state index in [0.717, 1.165) is 23.1 Å². The molecule has 0 spiro atoms. The van der Waals surface area contributed by atoms with E-state index >= 15 is 0 Å². The Kier molecular flexibility index (Phi) is 3.62. The van der Waals surface area contributed by atoms with Crippen molar-refractivity contribution in [1.82, 2.24) is 10.1 Å². The van der Waals surface area contributed by atoms with Gasteiger partial charge in [-0.15, -0.1) is 0 Å². The van der Waals surface area contributed by atoms with Crippen LogP contribution in [-0.2, 0) is 13.0 Å². The van der Waals surface area contributed by atoms with Gasteiger partial charge in [0.1, 0.15) is 5.75 Å². The van der Waals surface area contributed by atoms with Gasteiger partial charge >= 0.3 is 0 Å². The van der Waals surface area contributed by atoms with Crippen LogP contribution in [0.5, 0.6) is 5.75 Å². The van der Waals surface area contributed by atoms with Crippen LogP contribution in [0.2, 0.25) is 0 Å². The Balaban J connectivity index is 2.03. The van der Waals surface area contributed by atoms with Crippen molar-refractivity contribution in [3.8, 4) is 5.75 Å². The first kappa shape index (κ1) is 13.6. The van der Waals surface area contributed by atoms with Crippen LogP contribution in [0.25, 0.3) is 11.0 Å². The standard InChI is InChI=1S/C17H18N2O2/c1-19(2)11-14-16(20)9-8-13-15(18-21-17(13)14)10-12-6-4-3-5-7-12/h3-9,20H,10-11H2,1-2H3. The third kappa shape index (κ3) is 2.76. The molecule has 0 aliphatic carbocycles. The van der Waals surface area contributed by atoms with Gasteiger partial charge in [-0.25, -0.2) is 0 Å². The Hall–Kier alpha value is -2.33. The molecule has 0 atom stereocenters. The SMILES string of the molecule is CN(C)Cc1c(O)ccc2c(Cc3ccccc3)noc12. The lowest BCUT2D eigenvalue weighted by Gasteiger charge is -2.10. The molecular weight excluding hydrogens is 264 g/mol. The summed E-state index contributed by atoms with van der Waals surface area (Å²) in [5, 5.41) is 15.2. The molecule has 0 bridgehead atoms. The Morgan fingerprint density at radius 1 is 1.10 bits per heavy atom. The molecule has 4 heteroatoms. The molecule has 21 heavy (non-hydrogen) atoms. The van der Waals surface area contributed by atoms with E-state index in [4.69, 9.17) is 4.52 Å². The first-order valence-electron chi connectivity index (χ1n) is 6.93.